The Bertz CT molecular complexity index is 7910. The number of aromatic nitrogens is 17. The van der Waals surface area contributed by atoms with Gasteiger partial charge >= 0.3 is 0 Å². The van der Waals surface area contributed by atoms with Gasteiger partial charge < -0.3 is 9.13 Å². The fourth-order valence-electron chi connectivity index (χ4n) is 17.0. The third-order valence-corrected chi connectivity index (χ3v) is 23.4. The third-order valence-electron chi connectivity index (χ3n) is 23.4. The van der Waals surface area contributed by atoms with Gasteiger partial charge in [0.15, 0.2) is 87.4 Å². The molecular formula is C113H67N19. The number of benzene rings is 16. The first-order valence-electron chi connectivity index (χ1n) is 42.9. The van der Waals surface area contributed by atoms with E-state index in [4.69, 9.17) is 74.8 Å². The number of hydrogen-bond donors (Lipinski definition) is 0. The summed E-state index contributed by atoms with van der Waals surface area (Å²) < 4.78 is 4.45. The van der Waals surface area contributed by atoms with Crippen LogP contribution in [-0.2, 0) is 0 Å². The molecule has 16 aromatic carbocycles. The minimum atomic E-state index is 0.269. The smallest absolute Gasteiger partial charge is 0.166 e. The Morgan fingerprint density at radius 1 is 0.152 bits per heavy atom. The van der Waals surface area contributed by atoms with Crippen molar-refractivity contribution in [2.45, 2.75) is 0 Å². The molecule has 19 heteroatoms. The second-order valence-corrected chi connectivity index (χ2v) is 31.7. The van der Waals surface area contributed by atoms with Crippen LogP contribution in [0, 0.1) is 22.7 Å². The summed E-state index contributed by atoms with van der Waals surface area (Å²) in [6.07, 6.45) is 0. The van der Waals surface area contributed by atoms with E-state index in [1.54, 1.807) is 6.07 Å². The molecule has 0 aliphatic carbocycles. The van der Waals surface area contributed by atoms with E-state index in [-0.39, 0.29) is 5.82 Å². The molecule has 0 amide bonds. The number of rotatable bonds is 18. The summed E-state index contributed by atoms with van der Waals surface area (Å²) in [5.41, 5.74) is 18.4. The van der Waals surface area contributed by atoms with Crippen molar-refractivity contribution in [2.24, 2.45) is 0 Å². The lowest BCUT2D eigenvalue weighted by atomic mass is 9.99. The van der Waals surface area contributed by atoms with Crippen LogP contribution < -0.4 is 0 Å². The Balaban J connectivity index is 0.762. The molecule has 23 aromatic rings. The zero-order valence-electron chi connectivity index (χ0n) is 70.2. The summed E-state index contributed by atoms with van der Waals surface area (Å²) in [7, 11) is 0. The third kappa shape index (κ3) is 14.9. The van der Waals surface area contributed by atoms with Crippen LogP contribution in [0.1, 0.15) is 11.1 Å². The molecule has 0 spiro atoms. The second-order valence-electron chi connectivity index (χ2n) is 31.7. The Morgan fingerprint density at radius 2 is 0.371 bits per heavy atom. The minimum absolute atomic E-state index is 0.269. The van der Waals surface area contributed by atoms with Gasteiger partial charge in [0.1, 0.15) is 0 Å². The fourth-order valence-corrected chi connectivity index (χ4v) is 17.0. The van der Waals surface area contributed by atoms with Crippen molar-refractivity contribution in [1.29, 1.82) is 10.5 Å². The van der Waals surface area contributed by atoms with E-state index < -0.39 is 0 Å². The quantitative estimate of drug-likeness (QED) is 0.0774. The highest BCUT2D eigenvalue weighted by Gasteiger charge is 2.28. The fraction of sp³-hybridized carbons (Fsp3) is 0. The molecule has 0 fully saturated rings. The van der Waals surface area contributed by atoms with Crippen LogP contribution in [0.4, 0.5) is 0 Å². The lowest BCUT2D eigenvalue weighted by molar-refractivity contribution is 1.06. The summed E-state index contributed by atoms with van der Waals surface area (Å²) in [5, 5.41) is 25.2. The van der Waals surface area contributed by atoms with E-state index >= 15 is 0 Å². The van der Waals surface area contributed by atoms with E-state index in [9.17, 15) is 10.5 Å². The largest absolute Gasteiger partial charge is 0.308 e. The molecule has 0 saturated carbocycles. The second kappa shape index (κ2) is 33.6. The Kier molecular flexibility index (Phi) is 19.8. The Morgan fingerprint density at radius 3 is 0.652 bits per heavy atom. The topological polar surface area (TPSA) is 251 Å². The molecule has 0 saturated heterocycles. The van der Waals surface area contributed by atoms with Gasteiger partial charge in [-0.3, -0.25) is 0 Å². The molecule has 132 heavy (non-hydrogen) atoms. The van der Waals surface area contributed by atoms with Crippen LogP contribution in [0.25, 0.3) is 237 Å². The zero-order valence-corrected chi connectivity index (χ0v) is 70.2. The lowest BCUT2D eigenvalue weighted by Crippen LogP contribution is -2.06. The Labute approximate surface area is 756 Å². The molecule has 0 atom stereocenters. The first kappa shape index (κ1) is 77.9. The molecule has 0 N–H and O–H groups in total. The first-order chi connectivity index (χ1) is 65.3. The zero-order chi connectivity index (χ0) is 88.0. The van der Waals surface area contributed by atoms with E-state index in [0.717, 1.165) is 122 Å². The molecular weight excluding hydrogens is 1620 g/mol. The van der Waals surface area contributed by atoms with Gasteiger partial charge in [0.2, 0.25) is 0 Å². The maximum atomic E-state index is 11.3. The number of fused-ring (bicyclic) bond motifs is 6. The van der Waals surface area contributed by atoms with Gasteiger partial charge in [-0.05, 0) is 126 Å². The van der Waals surface area contributed by atoms with E-state index in [1.165, 1.54) is 0 Å². The maximum Gasteiger partial charge on any atom is 0.166 e. The molecule has 23 rings (SSSR count). The molecule has 0 radical (unpaired) electrons. The minimum Gasteiger partial charge on any atom is -0.308 e. The van der Waals surface area contributed by atoms with Crippen molar-refractivity contribution >= 4 is 43.6 Å². The van der Waals surface area contributed by atoms with Gasteiger partial charge in [-0.25, -0.2) is 74.8 Å². The van der Waals surface area contributed by atoms with Crippen LogP contribution >= 0.6 is 0 Å². The predicted octanol–water partition coefficient (Wildman–Crippen LogP) is 25.2. The summed E-state index contributed by atoms with van der Waals surface area (Å²) in [5.74, 6) is 6.93. The van der Waals surface area contributed by atoms with E-state index in [0.29, 0.717) is 121 Å². The van der Waals surface area contributed by atoms with E-state index in [2.05, 4.69) is 88.0 Å². The van der Waals surface area contributed by atoms with Gasteiger partial charge in [-0.1, -0.05) is 291 Å². The summed E-state index contributed by atoms with van der Waals surface area (Å²) in [6.45, 7) is 0. The molecule has 614 valence electrons. The van der Waals surface area contributed by atoms with Gasteiger partial charge in [-0.15, -0.1) is 0 Å². The summed E-state index contributed by atoms with van der Waals surface area (Å²) in [4.78, 5) is 79.4. The molecule has 7 aromatic heterocycles. The van der Waals surface area contributed by atoms with Crippen LogP contribution in [0.15, 0.2) is 406 Å². The number of hydrogen-bond acceptors (Lipinski definition) is 17. The highest BCUT2D eigenvalue weighted by Crippen LogP contribution is 2.45. The molecule has 19 nitrogen and oxygen atoms in total. The van der Waals surface area contributed by atoms with Crippen molar-refractivity contribution < 1.29 is 0 Å². The van der Waals surface area contributed by atoms with E-state index in [1.807, 2.05) is 334 Å². The first-order valence-corrected chi connectivity index (χ1v) is 42.9. The monoisotopic (exact) mass is 1690 g/mol. The van der Waals surface area contributed by atoms with Crippen molar-refractivity contribution in [3.8, 4) is 205 Å². The molecule has 0 aliphatic rings. The molecule has 0 bridgehead atoms. The van der Waals surface area contributed by atoms with Gasteiger partial charge in [0.25, 0.3) is 0 Å². The molecule has 0 aliphatic heterocycles. The van der Waals surface area contributed by atoms with Crippen molar-refractivity contribution in [1.82, 2.24) is 83.9 Å². The Hall–Kier alpha value is -18.9. The SMILES string of the molecule is N#Cc1cccc(-c2ccc(-c3nc(-c4ccccc4)nc(-c4cc(C#N)ccc4-n4c5ccc(-c6nc(-c7ccccc7)nc(-c7ccccc7)n6)cc5c5cc(-c6nc(-c7ccccc7)nc(-c7ccccc7)n6)ccc54)n3)c(-n3c4ccc(-c5nc(-c6ccccc6)nc(-c6ccccc6)n5)cc4c4cc(-c5nc(-c6ccccc6)nc(-c6ccccc6)n5)ccc43)c2)c1. The molecule has 0 unspecified atom stereocenters. The number of nitrogens with zero attached hydrogens (tertiary/aromatic N) is 19. The predicted molar refractivity (Wildman–Crippen MR) is 518 cm³/mol. The number of nitriles is 2. The van der Waals surface area contributed by atoms with Crippen LogP contribution in [0.2, 0.25) is 0 Å². The highest BCUT2D eigenvalue weighted by atomic mass is 15.1. The van der Waals surface area contributed by atoms with Gasteiger partial charge in [-0.2, -0.15) is 10.5 Å². The molecule has 7 heterocycles. The lowest BCUT2D eigenvalue weighted by Gasteiger charge is -2.18. The average molecular weight is 1690 g/mol. The van der Waals surface area contributed by atoms with Crippen molar-refractivity contribution in [3.05, 3.63) is 418 Å². The summed E-state index contributed by atoms with van der Waals surface area (Å²) in [6, 6.07) is 139. The summed E-state index contributed by atoms with van der Waals surface area (Å²) >= 11 is 0. The highest BCUT2D eigenvalue weighted by molar-refractivity contribution is 6.14. The van der Waals surface area contributed by atoms with Crippen molar-refractivity contribution in [2.75, 3.05) is 0 Å². The standard InChI is InChI=1S/C113H67N19/c114-68-70-29-28-48-81(61-70)82-50-55-87(98(67-82)132-95-59-53-85(110-124-103(76-38-18-5-19-39-76)118-104(125-110)77-40-20-6-21-41-77)65-90(95)91-66-86(54-60-96(91)132)111-126-105(78-42-22-7-23-43-78)119-106(127-111)79-44-24-8-25-45-79)112-128-107(80-46-26-9-27-47-80)129-113(130-112)92-62-71(69-115)49-56-97(92)131-93-57-51-83(108-120-99(72-30-10-1-11-31-72)116-100(121-108)73-32-12-2-13-33-73)63-88(93)89-64-84(52-58-94(89)131)109-122-101(74-34-14-3-15-35-74)117-102(123-109)75-36-16-4-17-37-75/h1-67H. The van der Waals surface area contributed by atoms with Gasteiger partial charge in [0.05, 0.1) is 56.7 Å². The average Bonchev–Trinajstić information content (AvgIpc) is 1.57. The van der Waals surface area contributed by atoms with Crippen LogP contribution in [0.3, 0.4) is 0 Å². The van der Waals surface area contributed by atoms with Crippen LogP contribution in [-0.4, -0.2) is 83.9 Å². The maximum absolute atomic E-state index is 11.3. The van der Waals surface area contributed by atoms with Crippen molar-refractivity contribution in [3.63, 3.8) is 0 Å². The normalized spacial score (nSPS) is 11.3. The van der Waals surface area contributed by atoms with Crippen LogP contribution in [0.5, 0.6) is 0 Å². The van der Waals surface area contributed by atoms with Gasteiger partial charge in [0, 0.05) is 105 Å².